The van der Waals surface area contributed by atoms with Gasteiger partial charge >= 0.3 is 0 Å². The Morgan fingerprint density at radius 1 is 1.31 bits per heavy atom. The van der Waals surface area contributed by atoms with Crippen molar-refractivity contribution in [2.24, 2.45) is 0 Å². The normalized spacial score (nSPS) is 18.5. The zero-order valence-corrected chi connectivity index (χ0v) is 9.77. The van der Waals surface area contributed by atoms with E-state index in [1.165, 1.54) is 38.5 Å². The number of nitrogens with zero attached hydrogens (tertiary/aromatic N) is 2. The highest BCUT2D eigenvalue weighted by Crippen LogP contribution is 2.19. The maximum atomic E-state index is 5.87. The zero-order valence-electron chi connectivity index (χ0n) is 9.77. The molecule has 1 aromatic heterocycles. The average Bonchev–Trinajstić information content (AvgIpc) is 2.54. The molecule has 0 unspecified atom stereocenters. The van der Waals surface area contributed by atoms with Crippen molar-refractivity contribution in [3.8, 4) is 0 Å². The molecular formula is C12H21N3O. The maximum Gasteiger partial charge on any atom is 0.145 e. The van der Waals surface area contributed by atoms with Crippen LogP contribution in [0.4, 0.5) is 5.82 Å². The molecular weight excluding hydrogens is 202 g/mol. The van der Waals surface area contributed by atoms with Gasteiger partial charge in [0.25, 0.3) is 0 Å². The monoisotopic (exact) mass is 223 g/mol. The lowest BCUT2D eigenvalue weighted by Crippen LogP contribution is -2.16. The molecule has 16 heavy (non-hydrogen) atoms. The highest BCUT2D eigenvalue weighted by molar-refractivity contribution is 5.23. The van der Waals surface area contributed by atoms with Gasteiger partial charge in [-0.1, -0.05) is 25.7 Å². The van der Waals surface area contributed by atoms with E-state index in [1.807, 2.05) is 16.9 Å². The van der Waals surface area contributed by atoms with Crippen LogP contribution in [0.5, 0.6) is 0 Å². The van der Waals surface area contributed by atoms with E-state index in [4.69, 9.17) is 10.5 Å². The summed E-state index contributed by atoms with van der Waals surface area (Å²) in [6, 6.07) is 1.81. The van der Waals surface area contributed by atoms with Gasteiger partial charge in [-0.2, -0.15) is 5.10 Å². The molecule has 90 valence electrons. The van der Waals surface area contributed by atoms with Crippen molar-refractivity contribution >= 4 is 5.82 Å². The molecule has 1 aliphatic carbocycles. The molecule has 1 aromatic rings. The van der Waals surface area contributed by atoms with E-state index in [2.05, 4.69) is 5.10 Å². The van der Waals surface area contributed by atoms with Crippen LogP contribution in [0.2, 0.25) is 0 Å². The number of aromatic nitrogens is 2. The summed E-state index contributed by atoms with van der Waals surface area (Å²) in [6.07, 6.45) is 10.2. The number of nitrogens with two attached hydrogens (primary N) is 1. The van der Waals surface area contributed by atoms with E-state index in [-0.39, 0.29) is 0 Å². The van der Waals surface area contributed by atoms with Gasteiger partial charge in [0.15, 0.2) is 0 Å². The standard InChI is InChI=1S/C12H21N3O/c13-12-7-8-15(14-12)9-10-16-11-5-3-1-2-4-6-11/h7-8,11H,1-6,9-10H2,(H2,13,14). The van der Waals surface area contributed by atoms with Crippen LogP contribution in [0.15, 0.2) is 12.3 Å². The molecule has 0 aromatic carbocycles. The van der Waals surface area contributed by atoms with Crippen molar-refractivity contribution in [3.63, 3.8) is 0 Å². The summed E-state index contributed by atoms with van der Waals surface area (Å²) in [6.45, 7) is 1.54. The lowest BCUT2D eigenvalue weighted by Gasteiger charge is -2.15. The minimum Gasteiger partial charge on any atom is -0.382 e. The van der Waals surface area contributed by atoms with Gasteiger partial charge in [-0.25, -0.2) is 0 Å². The van der Waals surface area contributed by atoms with E-state index in [0.29, 0.717) is 11.9 Å². The van der Waals surface area contributed by atoms with E-state index >= 15 is 0 Å². The molecule has 0 atom stereocenters. The Kier molecular flexibility index (Phi) is 4.22. The molecule has 4 nitrogen and oxygen atoms in total. The number of rotatable bonds is 4. The third kappa shape index (κ3) is 3.52. The van der Waals surface area contributed by atoms with Crippen LogP contribution in [0.3, 0.4) is 0 Å². The minimum absolute atomic E-state index is 0.468. The minimum atomic E-state index is 0.468. The van der Waals surface area contributed by atoms with Gasteiger partial charge in [0, 0.05) is 6.20 Å². The predicted molar refractivity (Wildman–Crippen MR) is 64.1 cm³/mol. The van der Waals surface area contributed by atoms with Gasteiger partial charge in [0.1, 0.15) is 5.82 Å². The summed E-state index contributed by atoms with van der Waals surface area (Å²) in [5, 5.41) is 4.13. The first kappa shape index (κ1) is 11.5. The largest absolute Gasteiger partial charge is 0.382 e. The van der Waals surface area contributed by atoms with Crippen molar-refractivity contribution in [2.75, 3.05) is 12.3 Å². The van der Waals surface area contributed by atoms with Crippen LogP contribution in [-0.2, 0) is 11.3 Å². The van der Waals surface area contributed by atoms with Crippen molar-refractivity contribution in [2.45, 2.75) is 51.2 Å². The third-order valence-corrected chi connectivity index (χ3v) is 3.14. The molecule has 1 heterocycles. The Bertz CT molecular complexity index is 303. The summed E-state index contributed by atoms with van der Waals surface area (Å²) >= 11 is 0. The Balaban J connectivity index is 1.67. The summed E-state index contributed by atoms with van der Waals surface area (Å²) in [5.74, 6) is 0.578. The average molecular weight is 223 g/mol. The molecule has 2 rings (SSSR count). The van der Waals surface area contributed by atoms with Gasteiger partial charge in [-0.15, -0.1) is 0 Å². The summed E-state index contributed by atoms with van der Waals surface area (Å²) in [4.78, 5) is 0. The van der Waals surface area contributed by atoms with E-state index < -0.39 is 0 Å². The van der Waals surface area contributed by atoms with Crippen LogP contribution in [0, 0.1) is 0 Å². The van der Waals surface area contributed by atoms with E-state index in [9.17, 15) is 0 Å². The highest BCUT2D eigenvalue weighted by Gasteiger charge is 2.12. The molecule has 2 N–H and O–H groups in total. The number of hydrogen-bond donors (Lipinski definition) is 1. The number of hydrogen-bond acceptors (Lipinski definition) is 3. The fraction of sp³-hybridized carbons (Fsp3) is 0.750. The predicted octanol–water partition coefficient (Wildman–Crippen LogP) is 2.20. The van der Waals surface area contributed by atoms with Crippen LogP contribution < -0.4 is 5.73 Å². The van der Waals surface area contributed by atoms with Crippen molar-refractivity contribution in [1.82, 2.24) is 9.78 Å². The molecule has 1 fully saturated rings. The number of nitrogen functional groups attached to an aromatic ring is 1. The smallest absolute Gasteiger partial charge is 0.145 e. The fourth-order valence-corrected chi connectivity index (χ4v) is 2.22. The summed E-state index contributed by atoms with van der Waals surface area (Å²) < 4.78 is 7.71. The summed E-state index contributed by atoms with van der Waals surface area (Å²) in [7, 11) is 0. The van der Waals surface area contributed by atoms with Crippen LogP contribution in [0.25, 0.3) is 0 Å². The van der Waals surface area contributed by atoms with E-state index in [0.717, 1.165) is 13.2 Å². The van der Waals surface area contributed by atoms with Gasteiger partial charge in [0.2, 0.25) is 0 Å². The topological polar surface area (TPSA) is 53.1 Å². The van der Waals surface area contributed by atoms with Gasteiger partial charge in [0.05, 0.1) is 19.3 Å². The van der Waals surface area contributed by atoms with Crippen molar-refractivity contribution in [3.05, 3.63) is 12.3 Å². The number of ether oxygens (including phenoxy) is 1. The molecule has 0 radical (unpaired) electrons. The van der Waals surface area contributed by atoms with Gasteiger partial charge in [-0.05, 0) is 18.9 Å². The van der Waals surface area contributed by atoms with Crippen molar-refractivity contribution in [1.29, 1.82) is 0 Å². The molecule has 0 spiro atoms. The first-order valence-electron chi connectivity index (χ1n) is 6.25. The molecule has 0 saturated heterocycles. The second-order valence-electron chi connectivity index (χ2n) is 4.49. The SMILES string of the molecule is Nc1ccn(CCOC2CCCCCC2)n1. The zero-order chi connectivity index (χ0) is 11.2. The lowest BCUT2D eigenvalue weighted by atomic mass is 10.1. The van der Waals surface area contributed by atoms with E-state index in [1.54, 1.807) is 0 Å². The molecule has 4 heteroatoms. The first-order valence-corrected chi connectivity index (χ1v) is 6.25. The molecule has 1 saturated carbocycles. The van der Waals surface area contributed by atoms with Crippen molar-refractivity contribution < 1.29 is 4.74 Å². The molecule has 0 bridgehead atoms. The molecule has 0 aliphatic heterocycles. The Morgan fingerprint density at radius 3 is 2.69 bits per heavy atom. The number of anilines is 1. The molecule has 1 aliphatic rings. The Hall–Kier alpha value is -1.03. The Labute approximate surface area is 96.8 Å². The second-order valence-corrected chi connectivity index (χ2v) is 4.49. The van der Waals surface area contributed by atoms with Gasteiger partial charge in [-0.3, -0.25) is 4.68 Å². The fourth-order valence-electron chi connectivity index (χ4n) is 2.22. The summed E-state index contributed by atoms with van der Waals surface area (Å²) in [5.41, 5.74) is 5.54. The van der Waals surface area contributed by atoms with Crippen LogP contribution in [-0.4, -0.2) is 22.5 Å². The highest BCUT2D eigenvalue weighted by atomic mass is 16.5. The Morgan fingerprint density at radius 2 is 2.06 bits per heavy atom. The van der Waals surface area contributed by atoms with Crippen LogP contribution in [0.1, 0.15) is 38.5 Å². The van der Waals surface area contributed by atoms with Gasteiger partial charge < -0.3 is 10.5 Å². The molecule has 0 amide bonds. The quantitative estimate of drug-likeness (QED) is 0.796. The second kappa shape index (κ2) is 5.89. The first-order chi connectivity index (χ1) is 7.84. The lowest BCUT2D eigenvalue weighted by molar-refractivity contribution is 0.0370. The maximum absolute atomic E-state index is 5.87. The van der Waals surface area contributed by atoms with Crippen LogP contribution >= 0.6 is 0 Å². The third-order valence-electron chi connectivity index (χ3n) is 3.14.